The molecule has 2 aromatic carbocycles. The number of para-hydroxylation sites is 1. The van der Waals surface area contributed by atoms with E-state index in [2.05, 4.69) is 9.98 Å². The third kappa shape index (κ3) is 3.37. The van der Waals surface area contributed by atoms with Crippen LogP contribution in [0.15, 0.2) is 74.2 Å². The highest BCUT2D eigenvalue weighted by molar-refractivity contribution is 7.13. The predicted molar refractivity (Wildman–Crippen MR) is 106 cm³/mol. The van der Waals surface area contributed by atoms with Crippen molar-refractivity contribution < 1.29 is 9.52 Å². The van der Waals surface area contributed by atoms with Gasteiger partial charge in [0, 0.05) is 17.2 Å². The van der Waals surface area contributed by atoms with Crippen molar-refractivity contribution in [3.05, 3.63) is 76.0 Å². The second kappa shape index (κ2) is 7.51. The van der Waals surface area contributed by atoms with Crippen LogP contribution >= 0.6 is 23.7 Å². The molecule has 0 aliphatic heterocycles. The molecule has 0 radical (unpaired) electrons. The normalized spacial score (nSPS) is 10.9. The van der Waals surface area contributed by atoms with Crippen molar-refractivity contribution in [3.63, 3.8) is 0 Å². The van der Waals surface area contributed by atoms with Crippen molar-refractivity contribution >= 4 is 46.1 Å². The number of fused-ring (bicyclic) bond motifs is 1. The molecular formula is C19H13ClN2O3S. The van der Waals surface area contributed by atoms with Crippen LogP contribution in [0.2, 0.25) is 0 Å². The fourth-order valence-electron chi connectivity index (χ4n) is 2.45. The Morgan fingerprint density at radius 1 is 1.08 bits per heavy atom. The quantitative estimate of drug-likeness (QED) is 0.407. The number of aliphatic imine (C=N–C) groups is 1. The van der Waals surface area contributed by atoms with E-state index in [4.69, 9.17) is 4.42 Å². The number of aromatic hydroxyl groups is 1. The SMILES string of the molecule is Cl.O=c1oc2ccccc2c(O)c1/C=N\c1nc(-c2ccccc2)cs1. The highest BCUT2D eigenvalue weighted by atomic mass is 35.5. The zero-order valence-corrected chi connectivity index (χ0v) is 15.0. The first-order valence-corrected chi connectivity index (χ1v) is 8.40. The zero-order valence-electron chi connectivity index (χ0n) is 13.3. The molecule has 2 heterocycles. The van der Waals surface area contributed by atoms with Gasteiger partial charge in [-0.3, -0.25) is 0 Å². The van der Waals surface area contributed by atoms with Crippen molar-refractivity contribution in [2.75, 3.05) is 0 Å². The maximum Gasteiger partial charge on any atom is 0.348 e. The second-order valence-corrected chi connectivity index (χ2v) is 6.12. The maximum atomic E-state index is 12.1. The summed E-state index contributed by atoms with van der Waals surface area (Å²) >= 11 is 1.36. The standard InChI is InChI=1S/C19H12N2O3S.ClH/c22-17-13-8-4-5-9-16(13)24-18(23)14(17)10-20-19-21-15(11-25-19)12-6-2-1-3-7-12;/h1-11,22H;1H/b20-10-;. The summed E-state index contributed by atoms with van der Waals surface area (Å²) in [6.07, 6.45) is 1.29. The lowest BCUT2D eigenvalue weighted by molar-refractivity contribution is 0.466. The van der Waals surface area contributed by atoms with E-state index in [1.54, 1.807) is 24.3 Å². The van der Waals surface area contributed by atoms with Crippen LogP contribution in [0.25, 0.3) is 22.2 Å². The van der Waals surface area contributed by atoms with Gasteiger partial charge in [-0.05, 0) is 12.1 Å². The summed E-state index contributed by atoms with van der Waals surface area (Å²) in [6, 6.07) is 16.6. The summed E-state index contributed by atoms with van der Waals surface area (Å²) in [5, 5.41) is 13.2. The summed E-state index contributed by atoms with van der Waals surface area (Å²) in [5.41, 5.74) is 1.51. The molecule has 0 spiro atoms. The van der Waals surface area contributed by atoms with Crippen LogP contribution in [0, 0.1) is 0 Å². The number of aromatic nitrogens is 1. The van der Waals surface area contributed by atoms with Crippen LogP contribution in [0.3, 0.4) is 0 Å². The lowest BCUT2D eigenvalue weighted by Crippen LogP contribution is -2.06. The fraction of sp³-hybridized carbons (Fsp3) is 0. The van der Waals surface area contributed by atoms with Crippen LogP contribution in [-0.4, -0.2) is 16.3 Å². The third-order valence-corrected chi connectivity index (χ3v) is 4.43. The second-order valence-electron chi connectivity index (χ2n) is 5.29. The molecule has 5 nitrogen and oxygen atoms in total. The zero-order chi connectivity index (χ0) is 17.2. The largest absolute Gasteiger partial charge is 0.506 e. The average Bonchev–Trinajstić information content (AvgIpc) is 3.11. The molecule has 1 N–H and O–H groups in total. The predicted octanol–water partition coefficient (Wildman–Crippen LogP) is 4.79. The van der Waals surface area contributed by atoms with E-state index in [1.165, 1.54) is 17.6 Å². The number of hydrogen-bond donors (Lipinski definition) is 1. The molecule has 0 saturated carbocycles. The van der Waals surface area contributed by atoms with Crippen LogP contribution < -0.4 is 5.63 Å². The Labute approximate surface area is 158 Å². The minimum atomic E-state index is -0.639. The van der Waals surface area contributed by atoms with Crippen molar-refractivity contribution in [3.8, 4) is 17.0 Å². The number of nitrogens with zero attached hydrogens (tertiary/aromatic N) is 2. The van der Waals surface area contributed by atoms with Gasteiger partial charge < -0.3 is 9.52 Å². The maximum absolute atomic E-state index is 12.1. The Bertz CT molecular complexity index is 1140. The van der Waals surface area contributed by atoms with E-state index >= 15 is 0 Å². The minimum Gasteiger partial charge on any atom is -0.506 e. The van der Waals surface area contributed by atoms with Gasteiger partial charge in [-0.1, -0.05) is 42.5 Å². The van der Waals surface area contributed by atoms with E-state index < -0.39 is 5.63 Å². The summed E-state index contributed by atoms with van der Waals surface area (Å²) in [4.78, 5) is 20.7. The van der Waals surface area contributed by atoms with Crippen LogP contribution in [0.5, 0.6) is 5.75 Å². The molecule has 4 rings (SSSR count). The molecule has 26 heavy (non-hydrogen) atoms. The molecule has 7 heteroatoms. The van der Waals surface area contributed by atoms with Crippen LogP contribution in [0.4, 0.5) is 5.13 Å². The number of rotatable bonds is 3. The van der Waals surface area contributed by atoms with Gasteiger partial charge in [0.2, 0.25) is 5.13 Å². The molecule has 0 atom stereocenters. The Hall–Kier alpha value is -2.96. The number of hydrogen-bond acceptors (Lipinski definition) is 6. The average molecular weight is 385 g/mol. The lowest BCUT2D eigenvalue weighted by Gasteiger charge is -2.01. The monoisotopic (exact) mass is 384 g/mol. The van der Waals surface area contributed by atoms with Crippen molar-refractivity contribution in [1.82, 2.24) is 4.98 Å². The van der Waals surface area contributed by atoms with E-state index in [0.29, 0.717) is 16.1 Å². The molecule has 0 aliphatic carbocycles. The van der Waals surface area contributed by atoms with Gasteiger partial charge in [0.1, 0.15) is 16.9 Å². The number of halogens is 1. The van der Waals surface area contributed by atoms with Gasteiger partial charge in [-0.15, -0.1) is 23.7 Å². The van der Waals surface area contributed by atoms with Gasteiger partial charge in [0.05, 0.1) is 11.1 Å². The van der Waals surface area contributed by atoms with Crippen molar-refractivity contribution in [2.45, 2.75) is 0 Å². The van der Waals surface area contributed by atoms with Gasteiger partial charge in [-0.2, -0.15) is 0 Å². The molecule has 0 saturated heterocycles. The first-order chi connectivity index (χ1) is 12.2. The Kier molecular flexibility index (Phi) is 5.16. The van der Waals surface area contributed by atoms with Crippen molar-refractivity contribution in [2.24, 2.45) is 4.99 Å². The first kappa shape index (κ1) is 17.8. The van der Waals surface area contributed by atoms with Gasteiger partial charge in [0.15, 0.2) is 0 Å². The highest BCUT2D eigenvalue weighted by Crippen LogP contribution is 2.28. The van der Waals surface area contributed by atoms with E-state index in [0.717, 1.165) is 11.3 Å². The fourth-order valence-corrected chi connectivity index (χ4v) is 3.12. The molecule has 2 aromatic heterocycles. The summed E-state index contributed by atoms with van der Waals surface area (Å²) in [5.74, 6) is -0.143. The van der Waals surface area contributed by atoms with Crippen LogP contribution in [0.1, 0.15) is 5.56 Å². The molecule has 0 unspecified atom stereocenters. The Morgan fingerprint density at radius 3 is 2.62 bits per heavy atom. The van der Waals surface area contributed by atoms with Gasteiger partial charge >= 0.3 is 5.63 Å². The molecule has 4 aromatic rings. The Morgan fingerprint density at radius 2 is 1.81 bits per heavy atom. The summed E-state index contributed by atoms with van der Waals surface area (Å²) < 4.78 is 5.21. The minimum absolute atomic E-state index is 0. The van der Waals surface area contributed by atoms with E-state index in [-0.39, 0.29) is 23.7 Å². The van der Waals surface area contributed by atoms with Crippen LogP contribution in [-0.2, 0) is 0 Å². The van der Waals surface area contributed by atoms with E-state index in [1.807, 2.05) is 35.7 Å². The molecule has 0 fully saturated rings. The number of thiazole rings is 1. The molecule has 0 bridgehead atoms. The van der Waals surface area contributed by atoms with E-state index in [9.17, 15) is 9.90 Å². The molecule has 0 aliphatic rings. The molecule has 0 amide bonds. The van der Waals surface area contributed by atoms with Gasteiger partial charge in [-0.25, -0.2) is 14.8 Å². The Balaban J connectivity index is 0.00000196. The topological polar surface area (TPSA) is 75.7 Å². The lowest BCUT2D eigenvalue weighted by atomic mass is 10.1. The smallest absolute Gasteiger partial charge is 0.348 e. The summed E-state index contributed by atoms with van der Waals surface area (Å²) in [7, 11) is 0. The summed E-state index contributed by atoms with van der Waals surface area (Å²) in [6.45, 7) is 0. The number of benzene rings is 2. The highest BCUT2D eigenvalue weighted by Gasteiger charge is 2.12. The molecule has 130 valence electrons. The first-order valence-electron chi connectivity index (χ1n) is 7.52. The van der Waals surface area contributed by atoms with Gasteiger partial charge in [0.25, 0.3) is 0 Å². The molecular weight excluding hydrogens is 372 g/mol. The third-order valence-electron chi connectivity index (χ3n) is 3.69. The van der Waals surface area contributed by atoms with Crippen molar-refractivity contribution in [1.29, 1.82) is 0 Å².